The van der Waals surface area contributed by atoms with Gasteiger partial charge in [0.15, 0.2) is 11.5 Å². The van der Waals surface area contributed by atoms with Crippen LogP contribution in [0, 0.1) is 11.7 Å². The molecule has 0 aromatic heterocycles. The van der Waals surface area contributed by atoms with Crippen molar-refractivity contribution >= 4 is 17.5 Å². The van der Waals surface area contributed by atoms with E-state index in [9.17, 15) is 22.8 Å². The minimum atomic E-state index is -3.07. The SMILES string of the molecule is O=C1Cc2ccccc2N1NC(=O)[C@H]1C[C@H](Oc2cc(F)ccc2OC(F)F)C1. The van der Waals surface area contributed by atoms with Gasteiger partial charge in [-0.05, 0) is 36.6 Å². The molecule has 1 aliphatic carbocycles. The van der Waals surface area contributed by atoms with Crippen molar-refractivity contribution in [1.82, 2.24) is 5.43 Å². The molecule has 4 rings (SSSR count). The zero-order chi connectivity index (χ0) is 20.5. The van der Waals surface area contributed by atoms with E-state index in [1.165, 1.54) is 5.01 Å². The fourth-order valence-electron chi connectivity index (χ4n) is 3.40. The number of rotatable bonds is 6. The topological polar surface area (TPSA) is 67.9 Å². The maximum Gasteiger partial charge on any atom is 0.387 e. The van der Waals surface area contributed by atoms with Gasteiger partial charge in [-0.15, -0.1) is 0 Å². The molecule has 0 unspecified atom stereocenters. The zero-order valence-electron chi connectivity index (χ0n) is 15.1. The molecular formula is C20H17F3N2O4. The number of nitrogens with zero attached hydrogens (tertiary/aromatic N) is 1. The van der Waals surface area contributed by atoms with Crippen LogP contribution in [0.4, 0.5) is 18.9 Å². The van der Waals surface area contributed by atoms with Crippen LogP contribution in [0.15, 0.2) is 42.5 Å². The third-order valence-electron chi connectivity index (χ3n) is 4.93. The lowest BCUT2D eigenvalue weighted by molar-refractivity contribution is -0.133. The lowest BCUT2D eigenvalue weighted by atomic mass is 9.81. The quantitative estimate of drug-likeness (QED) is 0.800. The maximum atomic E-state index is 13.4. The highest BCUT2D eigenvalue weighted by atomic mass is 19.3. The first-order valence-corrected chi connectivity index (χ1v) is 9.03. The number of halogens is 3. The average Bonchev–Trinajstić information content (AvgIpc) is 2.95. The minimum absolute atomic E-state index is 0.141. The number of nitrogens with one attached hydrogen (secondary N) is 1. The highest BCUT2D eigenvalue weighted by Gasteiger charge is 2.39. The summed E-state index contributed by atoms with van der Waals surface area (Å²) in [6.07, 6.45) is 0.383. The Morgan fingerprint density at radius 3 is 2.66 bits per heavy atom. The third kappa shape index (κ3) is 3.98. The number of hydrogen-bond acceptors (Lipinski definition) is 4. The average molecular weight is 406 g/mol. The molecular weight excluding hydrogens is 389 g/mol. The number of hydrazine groups is 1. The van der Waals surface area contributed by atoms with Gasteiger partial charge in [0, 0.05) is 12.0 Å². The van der Waals surface area contributed by atoms with E-state index >= 15 is 0 Å². The molecule has 1 N–H and O–H groups in total. The Morgan fingerprint density at radius 2 is 1.90 bits per heavy atom. The van der Waals surface area contributed by atoms with Crippen LogP contribution in [0.5, 0.6) is 11.5 Å². The monoisotopic (exact) mass is 406 g/mol. The van der Waals surface area contributed by atoms with Gasteiger partial charge >= 0.3 is 6.61 Å². The first-order chi connectivity index (χ1) is 13.9. The molecule has 2 amide bonds. The summed E-state index contributed by atoms with van der Waals surface area (Å²) in [6, 6.07) is 10.2. The van der Waals surface area contributed by atoms with E-state index in [4.69, 9.17) is 4.74 Å². The number of alkyl halides is 2. The Kier molecular flexibility index (Phi) is 5.04. The molecule has 1 saturated carbocycles. The van der Waals surface area contributed by atoms with Gasteiger partial charge in [-0.1, -0.05) is 18.2 Å². The second kappa shape index (κ2) is 7.65. The highest BCUT2D eigenvalue weighted by molar-refractivity contribution is 6.03. The van der Waals surface area contributed by atoms with Crippen molar-refractivity contribution < 1.29 is 32.2 Å². The summed E-state index contributed by atoms with van der Waals surface area (Å²) in [5.41, 5.74) is 4.11. The number of ether oxygens (including phenoxy) is 2. The van der Waals surface area contributed by atoms with Gasteiger partial charge in [-0.2, -0.15) is 8.78 Å². The summed E-state index contributed by atoms with van der Waals surface area (Å²) in [6.45, 7) is -3.07. The van der Waals surface area contributed by atoms with Crippen molar-refractivity contribution in [3.8, 4) is 11.5 Å². The summed E-state index contributed by atoms with van der Waals surface area (Å²) >= 11 is 0. The summed E-state index contributed by atoms with van der Waals surface area (Å²) in [5.74, 6) is -2.03. The second-order valence-electron chi connectivity index (χ2n) is 6.89. The zero-order valence-corrected chi connectivity index (χ0v) is 15.1. The number of carbonyl (C=O) groups excluding carboxylic acids is 2. The van der Waals surface area contributed by atoms with Crippen LogP contribution in [-0.2, 0) is 16.0 Å². The van der Waals surface area contributed by atoms with Crippen molar-refractivity contribution in [1.29, 1.82) is 0 Å². The molecule has 6 nitrogen and oxygen atoms in total. The van der Waals surface area contributed by atoms with Gasteiger partial charge < -0.3 is 9.47 Å². The van der Waals surface area contributed by atoms with Crippen LogP contribution in [-0.4, -0.2) is 24.5 Å². The standard InChI is InChI=1S/C20H17F3N2O4/c21-13-5-6-16(29-20(22)23)17(10-13)28-14-7-12(8-14)19(27)24-25-15-4-2-1-3-11(15)9-18(25)26/h1-6,10,12,14,20H,7-9H2,(H,24,27)/t12-,14-. The summed E-state index contributed by atoms with van der Waals surface area (Å²) in [5, 5.41) is 1.24. The van der Waals surface area contributed by atoms with E-state index in [2.05, 4.69) is 10.2 Å². The van der Waals surface area contributed by atoms with Crippen molar-refractivity contribution in [2.45, 2.75) is 32.0 Å². The molecule has 1 heterocycles. The minimum Gasteiger partial charge on any atom is -0.486 e. The first-order valence-electron chi connectivity index (χ1n) is 9.03. The Bertz CT molecular complexity index is 947. The van der Waals surface area contributed by atoms with Crippen LogP contribution in [0.1, 0.15) is 18.4 Å². The Labute approximate surface area is 164 Å². The second-order valence-corrected chi connectivity index (χ2v) is 6.89. The number of hydrogen-bond donors (Lipinski definition) is 1. The molecule has 1 aliphatic heterocycles. The fraction of sp³-hybridized carbons (Fsp3) is 0.300. The van der Waals surface area contributed by atoms with Crippen LogP contribution in [0.3, 0.4) is 0 Å². The normalized spacial score (nSPS) is 20.3. The van der Waals surface area contributed by atoms with Crippen LogP contribution >= 0.6 is 0 Å². The van der Waals surface area contributed by atoms with E-state index in [1.807, 2.05) is 12.1 Å². The van der Waals surface area contributed by atoms with Gasteiger partial charge in [0.05, 0.1) is 12.1 Å². The predicted molar refractivity (Wildman–Crippen MR) is 95.9 cm³/mol. The molecule has 2 aromatic rings. The first kappa shape index (κ1) is 19.1. The van der Waals surface area contributed by atoms with Crippen molar-refractivity contribution in [3.05, 3.63) is 53.8 Å². The Morgan fingerprint density at radius 1 is 1.14 bits per heavy atom. The number of amides is 2. The predicted octanol–water partition coefficient (Wildman–Crippen LogP) is 3.21. The molecule has 0 bridgehead atoms. The summed E-state index contributed by atoms with van der Waals surface area (Å²) in [7, 11) is 0. The van der Waals surface area contributed by atoms with Crippen molar-refractivity contribution in [3.63, 3.8) is 0 Å². The molecule has 0 spiro atoms. The smallest absolute Gasteiger partial charge is 0.387 e. The molecule has 29 heavy (non-hydrogen) atoms. The van der Waals surface area contributed by atoms with Crippen LogP contribution in [0.25, 0.3) is 0 Å². The van der Waals surface area contributed by atoms with Gasteiger partial charge in [0.1, 0.15) is 11.9 Å². The summed E-state index contributed by atoms with van der Waals surface area (Å²) < 4.78 is 48.2. The lowest BCUT2D eigenvalue weighted by Crippen LogP contribution is -2.51. The van der Waals surface area contributed by atoms with E-state index < -0.39 is 24.5 Å². The van der Waals surface area contributed by atoms with Gasteiger partial charge in [-0.25, -0.2) is 9.40 Å². The van der Waals surface area contributed by atoms with Crippen LogP contribution < -0.4 is 19.9 Å². The largest absolute Gasteiger partial charge is 0.486 e. The number of para-hydroxylation sites is 1. The van der Waals surface area contributed by atoms with Crippen molar-refractivity contribution in [2.24, 2.45) is 5.92 Å². The highest BCUT2D eigenvalue weighted by Crippen LogP contribution is 2.37. The van der Waals surface area contributed by atoms with E-state index in [0.717, 1.165) is 23.8 Å². The lowest BCUT2D eigenvalue weighted by Gasteiger charge is -2.35. The number of fused-ring (bicyclic) bond motifs is 1. The summed E-state index contributed by atoms with van der Waals surface area (Å²) in [4.78, 5) is 24.6. The Balaban J connectivity index is 1.34. The number of carbonyl (C=O) groups is 2. The third-order valence-corrected chi connectivity index (χ3v) is 4.93. The number of anilines is 1. The van der Waals surface area contributed by atoms with Gasteiger partial charge in [-0.3, -0.25) is 15.0 Å². The Hall–Kier alpha value is -3.23. The molecule has 0 saturated heterocycles. The molecule has 0 atom stereocenters. The molecule has 2 aliphatic rings. The van der Waals surface area contributed by atoms with Gasteiger partial charge in [0.2, 0.25) is 11.8 Å². The number of benzene rings is 2. The molecule has 152 valence electrons. The maximum absolute atomic E-state index is 13.4. The molecule has 1 fully saturated rings. The molecule has 0 radical (unpaired) electrons. The van der Waals surface area contributed by atoms with Gasteiger partial charge in [0.25, 0.3) is 0 Å². The van der Waals surface area contributed by atoms with E-state index in [-0.39, 0.29) is 29.7 Å². The fourth-order valence-corrected chi connectivity index (χ4v) is 3.40. The molecule has 2 aromatic carbocycles. The van der Waals surface area contributed by atoms with E-state index in [0.29, 0.717) is 18.5 Å². The van der Waals surface area contributed by atoms with Crippen molar-refractivity contribution in [2.75, 3.05) is 5.01 Å². The van der Waals surface area contributed by atoms with E-state index in [1.54, 1.807) is 12.1 Å². The molecule has 9 heteroatoms. The van der Waals surface area contributed by atoms with Crippen LogP contribution in [0.2, 0.25) is 0 Å².